The molecule has 2 fully saturated rings. The summed E-state index contributed by atoms with van der Waals surface area (Å²) in [6.07, 6.45) is 2.79. The monoisotopic (exact) mass is 361 g/mol. The summed E-state index contributed by atoms with van der Waals surface area (Å²) in [5.74, 6) is -2.82. The Balaban J connectivity index is 1.39. The first-order valence-corrected chi connectivity index (χ1v) is 9.04. The molecule has 4 rings (SSSR count). The van der Waals surface area contributed by atoms with Gasteiger partial charge in [0, 0.05) is 38.4 Å². The lowest BCUT2D eigenvalue weighted by Gasteiger charge is -2.37. The van der Waals surface area contributed by atoms with Crippen molar-refractivity contribution in [3.05, 3.63) is 40.9 Å². The van der Waals surface area contributed by atoms with Gasteiger partial charge in [0.2, 0.25) is 11.8 Å². The maximum Gasteiger partial charge on any atom is 0.261 e. The van der Waals surface area contributed by atoms with Crippen LogP contribution < -0.4 is 5.56 Å². The molecule has 1 amide bonds. The molecule has 2 aliphatic rings. The number of hydrogen-bond acceptors (Lipinski definition) is 3. The molecule has 0 N–H and O–H groups in total. The molecule has 26 heavy (non-hydrogen) atoms. The number of benzene rings is 1. The highest BCUT2D eigenvalue weighted by molar-refractivity contribution is 5.77. The van der Waals surface area contributed by atoms with Crippen molar-refractivity contribution in [1.29, 1.82) is 0 Å². The van der Waals surface area contributed by atoms with Crippen LogP contribution in [-0.2, 0) is 4.79 Å². The van der Waals surface area contributed by atoms with Gasteiger partial charge in [-0.15, -0.1) is 0 Å². The van der Waals surface area contributed by atoms with Crippen molar-refractivity contribution in [2.24, 2.45) is 5.92 Å². The minimum atomic E-state index is -2.58. The van der Waals surface area contributed by atoms with Gasteiger partial charge in [-0.2, -0.15) is 0 Å². The van der Waals surface area contributed by atoms with E-state index in [0.717, 1.165) is 0 Å². The van der Waals surface area contributed by atoms with Gasteiger partial charge in [0.1, 0.15) is 0 Å². The van der Waals surface area contributed by atoms with Gasteiger partial charge in [-0.3, -0.25) is 14.2 Å². The number of aromatic nitrogens is 2. The maximum absolute atomic E-state index is 12.9. The van der Waals surface area contributed by atoms with E-state index < -0.39 is 5.92 Å². The summed E-state index contributed by atoms with van der Waals surface area (Å²) >= 11 is 0. The van der Waals surface area contributed by atoms with Gasteiger partial charge in [0.25, 0.3) is 5.56 Å². The van der Waals surface area contributed by atoms with Gasteiger partial charge in [-0.25, -0.2) is 13.8 Å². The van der Waals surface area contributed by atoms with E-state index in [0.29, 0.717) is 36.8 Å². The highest BCUT2D eigenvalue weighted by atomic mass is 19.3. The molecule has 1 saturated heterocycles. The minimum absolute atomic E-state index is 0.0108. The van der Waals surface area contributed by atoms with Crippen LogP contribution in [0.3, 0.4) is 0 Å². The Bertz CT molecular complexity index is 880. The van der Waals surface area contributed by atoms with E-state index in [9.17, 15) is 18.4 Å². The minimum Gasteiger partial charge on any atom is -0.343 e. The fourth-order valence-corrected chi connectivity index (χ4v) is 4.04. The zero-order valence-electron chi connectivity index (χ0n) is 14.4. The lowest BCUT2D eigenvalue weighted by Crippen LogP contribution is -2.44. The standard InChI is InChI=1S/C19H21F2N3O2/c20-19(21)10-13(11-19)9-17(25)23-7-5-14(6-8-23)24-12-22-16-4-2-1-3-15(16)18(24)26/h1-4,12-14H,5-11H2. The number of nitrogens with zero attached hydrogens (tertiary/aromatic N) is 3. The summed E-state index contributed by atoms with van der Waals surface area (Å²) in [5, 5.41) is 0.597. The SMILES string of the molecule is O=C(CC1CC(F)(F)C1)N1CCC(n2cnc3ccccc3c2=O)CC1. The first-order chi connectivity index (χ1) is 12.4. The van der Waals surface area contributed by atoms with Crippen LogP contribution in [-0.4, -0.2) is 39.4 Å². The quantitative estimate of drug-likeness (QED) is 0.845. The molecule has 0 unspecified atom stereocenters. The Morgan fingerprint density at radius 3 is 2.58 bits per heavy atom. The van der Waals surface area contributed by atoms with E-state index in [2.05, 4.69) is 4.98 Å². The summed E-state index contributed by atoms with van der Waals surface area (Å²) < 4.78 is 27.5. The fraction of sp³-hybridized carbons (Fsp3) is 0.526. The van der Waals surface area contributed by atoms with Crippen molar-refractivity contribution < 1.29 is 13.6 Å². The molecular formula is C19H21F2N3O2. The molecule has 0 atom stereocenters. The zero-order valence-corrected chi connectivity index (χ0v) is 14.4. The summed E-state index contributed by atoms with van der Waals surface area (Å²) in [4.78, 5) is 31.1. The summed E-state index contributed by atoms with van der Waals surface area (Å²) in [6, 6.07) is 7.26. The molecule has 2 aromatic rings. The summed E-state index contributed by atoms with van der Waals surface area (Å²) in [5.41, 5.74) is 0.621. The number of fused-ring (bicyclic) bond motifs is 1. The lowest BCUT2D eigenvalue weighted by atomic mass is 9.79. The zero-order chi connectivity index (χ0) is 18.3. The van der Waals surface area contributed by atoms with Gasteiger partial charge in [-0.05, 0) is 30.9 Å². The number of para-hydroxylation sites is 1. The van der Waals surface area contributed by atoms with Crippen molar-refractivity contribution in [3.63, 3.8) is 0 Å². The Hall–Kier alpha value is -2.31. The Morgan fingerprint density at radius 1 is 1.19 bits per heavy atom. The van der Waals surface area contributed by atoms with Crippen molar-refractivity contribution in [2.45, 2.75) is 44.1 Å². The molecular weight excluding hydrogens is 340 g/mol. The van der Waals surface area contributed by atoms with Crippen LogP contribution in [0.4, 0.5) is 8.78 Å². The average molecular weight is 361 g/mol. The molecule has 1 aliphatic heterocycles. The molecule has 1 saturated carbocycles. The van der Waals surface area contributed by atoms with E-state index in [-0.39, 0.29) is 42.7 Å². The molecule has 2 heterocycles. The van der Waals surface area contributed by atoms with Crippen LogP contribution in [0, 0.1) is 5.92 Å². The molecule has 138 valence electrons. The second-order valence-corrected chi connectivity index (χ2v) is 7.42. The topological polar surface area (TPSA) is 55.2 Å². The van der Waals surface area contributed by atoms with E-state index in [4.69, 9.17) is 0 Å². The highest BCUT2D eigenvalue weighted by Crippen LogP contribution is 2.44. The molecule has 0 bridgehead atoms. The van der Waals surface area contributed by atoms with E-state index in [1.165, 1.54) is 0 Å². The van der Waals surface area contributed by atoms with Gasteiger partial charge in [-0.1, -0.05) is 12.1 Å². The predicted octanol–water partition coefficient (Wildman–Crippen LogP) is 3.00. The second kappa shape index (κ2) is 6.45. The van der Waals surface area contributed by atoms with Crippen LogP contribution in [0.25, 0.3) is 10.9 Å². The number of halogens is 2. The lowest BCUT2D eigenvalue weighted by molar-refractivity contribution is -0.143. The van der Waals surface area contributed by atoms with Crippen molar-refractivity contribution in [1.82, 2.24) is 14.5 Å². The molecule has 0 spiro atoms. The summed E-state index contributed by atoms with van der Waals surface area (Å²) in [6.45, 7) is 1.09. The molecule has 5 nitrogen and oxygen atoms in total. The molecule has 0 radical (unpaired) electrons. The highest BCUT2D eigenvalue weighted by Gasteiger charge is 2.46. The largest absolute Gasteiger partial charge is 0.343 e. The van der Waals surface area contributed by atoms with Crippen LogP contribution in [0.1, 0.15) is 38.1 Å². The third kappa shape index (κ3) is 3.22. The third-order valence-corrected chi connectivity index (χ3v) is 5.54. The number of carbonyl (C=O) groups excluding carboxylic acids is 1. The predicted molar refractivity (Wildman–Crippen MR) is 93.1 cm³/mol. The second-order valence-electron chi connectivity index (χ2n) is 7.42. The van der Waals surface area contributed by atoms with Crippen LogP contribution in [0.15, 0.2) is 35.4 Å². The molecule has 1 aromatic carbocycles. The Morgan fingerprint density at radius 2 is 1.88 bits per heavy atom. The number of amides is 1. The van der Waals surface area contributed by atoms with Crippen molar-refractivity contribution >= 4 is 16.8 Å². The van der Waals surface area contributed by atoms with Gasteiger partial charge >= 0.3 is 0 Å². The molecule has 7 heteroatoms. The number of carbonyl (C=O) groups is 1. The Kier molecular flexibility index (Phi) is 4.25. The average Bonchev–Trinajstić information content (AvgIpc) is 2.61. The number of alkyl halides is 2. The first-order valence-electron chi connectivity index (χ1n) is 9.04. The number of hydrogen-bond donors (Lipinski definition) is 0. The van der Waals surface area contributed by atoms with Crippen LogP contribution in [0.2, 0.25) is 0 Å². The van der Waals surface area contributed by atoms with Gasteiger partial charge < -0.3 is 4.90 Å². The Labute approximate surface area is 149 Å². The first kappa shape index (κ1) is 17.1. The number of likely N-dealkylation sites (tertiary alicyclic amines) is 1. The maximum atomic E-state index is 12.9. The smallest absolute Gasteiger partial charge is 0.261 e. The van der Waals surface area contributed by atoms with E-state index >= 15 is 0 Å². The van der Waals surface area contributed by atoms with Crippen LogP contribution in [0.5, 0.6) is 0 Å². The summed E-state index contributed by atoms with van der Waals surface area (Å²) in [7, 11) is 0. The van der Waals surface area contributed by atoms with Gasteiger partial charge in [0.15, 0.2) is 0 Å². The third-order valence-electron chi connectivity index (χ3n) is 5.54. The number of rotatable bonds is 3. The van der Waals surface area contributed by atoms with Crippen LogP contribution >= 0.6 is 0 Å². The van der Waals surface area contributed by atoms with E-state index in [1.807, 2.05) is 18.2 Å². The van der Waals surface area contributed by atoms with Crippen molar-refractivity contribution in [3.8, 4) is 0 Å². The van der Waals surface area contributed by atoms with Crippen molar-refractivity contribution in [2.75, 3.05) is 13.1 Å². The molecule has 1 aromatic heterocycles. The molecule has 1 aliphatic carbocycles. The fourth-order valence-electron chi connectivity index (χ4n) is 4.04. The normalized spacial score (nSPS) is 20.9. The number of piperidine rings is 1. The van der Waals surface area contributed by atoms with E-state index in [1.54, 1.807) is 21.9 Å². The van der Waals surface area contributed by atoms with Gasteiger partial charge in [0.05, 0.1) is 17.2 Å².